The van der Waals surface area contributed by atoms with Crippen LogP contribution < -0.4 is 5.32 Å². The minimum atomic E-state index is 0.634. The highest BCUT2D eigenvalue weighted by Gasteiger charge is 2.26. The first-order chi connectivity index (χ1) is 9.36. The van der Waals surface area contributed by atoms with E-state index in [-0.39, 0.29) is 0 Å². The van der Waals surface area contributed by atoms with Gasteiger partial charge in [0.2, 0.25) is 0 Å². The SMILES string of the molecule is CNC(CN1CCn2cnnc2C1)C1CCCCC1. The number of hydrogen-bond donors (Lipinski definition) is 1. The fourth-order valence-electron chi connectivity index (χ4n) is 3.56. The average Bonchev–Trinajstić information content (AvgIpc) is 2.93. The molecular formula is C14H25N5. The van der Waals surface area contributed by atoms with E-state index < -0.39 is 0 Å². The van der Waals surface area contributed by atoms with Gasteiger partial charge in [-0.25, -0.2) is 0 Å². The third-order valence-electron chi connectivity index (χ3n) is 4.76. The van der Waals surface area contributed by atoms with Crippen LogP contribution in [-0.2, 0) is 13.1 Å². The normalized spacial score (nSPS) is 23.2. The van der Waals surface area contributed by atoms with Crippen molar-refractivity contribution in [2.75, 3.05) is 20.1 Å². The second-order valence-electron chi connectivity index (χ2n) is 5.97. The van der Waals surface area contributed by atoms with Crippen molar-refractivity contribution in [3.05, 3.63) is 12.2 Å². The van der Waals surface area contributed by atoms with Crippen LogP contribution >= 0.6 is 0 Å². The van der Waals surface area contributed by atoms with E-state index in [1.54, 1.807) is 0 Å². The van der Waals surface area contributed by atoms with Crippen molar-refractivity contribution in [1.82, 2.24) is 25.0 Å². The molecular weight excluding hydrogens is 238 g/mol. The molecule has 0 bridgehead atoms. The van der Waals surface area contributed by atoms with Gasteiger partial charge in [0.15, 0.2) is 0 Å². The number of nitrogens with zero attached hydrogens (tertiary/aromatic N) is 4. The summed E-state index contributed by atoms with van der Waals surface area (Å²) in [5.41, 5.74) is 0. The first kappa shape index (κ1) is 13.1. The standard InChI is InChI=1S/C14H25N5/c1-15-13(12-5-3-2-4-6-12)9-18-7-8-19-11-16-17-14(19)10-18/h11-13,15H,2-10H2,1H3. The van der Waals surface area contributed by atoms with E-state index in [9.17, 15) is 0 Å². The first-order valence-electron chi connectivity index (χ1n) is 7.63. The van der Waals surface area contributed by atoms with Gasteiger partial charge in [-0.3, -0.25) is 4.90 Å². The van der Waals surface area contributed by atoms with Crippen molar-refractivity contribution in [2.24, 2.45) is 5.92 Å². The monoisotopic (exact) mass is 263 g/mol. The quantitative estimate of drug-likeness (QED) is 0.888. The molecule has 5 heteroatoms. The van der Waals surface area contributed by atoms with Crippen molar-refractivity contribution in [2.45, 2.75) is 51.2 Å². The molecule has 0 saturated heterocycles. The van der Waals surface area contributed by atoms with E-state index in [4.69, 9.17) is 0 Å². The molecule has 0 amide bonds. The summed E-state index contributed by atoms with van der Waals surface area (Å²) >= 11 is 0. The Morgan fingerprint density at radius 3 is 2.95 bits per heavy atom. The van der Waals surface area contributed by atoms with Crippen LogP contribution in [-0.4, -0.2) is 45.8 Å². The van der Waals surface area contributed by atoms with Crippen LogP contribution in [0, 0.1) is 5.92 Å². The smallest absolute Gasteiger partial charge is 0.147 e. The first-order valence-corrected chi connectivity index (χ1v) is 7.63. The Labute approximate surface area is 115 Å². The second kappa shape index (κ2) is 6.01. The van der Waals surface area contributed by atoms with Gasteiger partial charge in [-0.05, 0) is 25.8 Å². The zero-order valence-corrected chi connectivity index (χ0v) is 11.9. The summed E-state index contributed by atoms with van der Waals surface area (Å²) in [4.78, 5) is 2.53. The number of likely N-dealkylation sites (N-methyl/N-ethyl adjacent to an activating group) is 1. The lowest BCUT2D eigenvalue weighted by Gasteiger charge is -2.35. The predicted molar refractivity (Wildman–Crippen MR) is 74.7 cm³/mol. The summed E-state index contributed by atoms with van der Waals surface area (Å²) in [5.74, 6) is 1.98. The van der Waals surface area contributed by atoms with E-state index >= 15 is 0 Å². The molecule has 1 N–H and O–H groups in total. The molecule has 5 nitrogen and oxygen atoms in total. The van der Waals surface area contributed by atoms with E-state index in [1.807, 2.05) is 6.33 Å². The van der Waals surface area contributed by atoms with Crippen molar-refractivity contribution < 1.29 is 0 Å². The molecule has 19 heavy (non-hydrogen) atoms. The van der Waals surface area contributed by atoms with Gasteiger partial charge < -0.3 is 9.88 Å². The van der Waals surface area contributed by atoms with Crippen LogP contribution in [0.15, 0.2) is 6.33 Å². The summed E-state index contributed by atoms with van der Waals surface area (Å²) in [7, 11) is 2.12. The molecule has 1 aliphatic heterocycles. The highest BCUT2D eigenvalue weighted by molar-refractivity contribution is 4.91. The third kappa shape index (κ3) is 2.98. The number of hydrogen-bond acceptors (Lipinski definition) is 4. The van der Waals surface area contributed by atoms with Gasteiger partial charge in [0, 0.05) is 25.7 Å². The molecule has 0 aromatic carbocycles. The Kier molecular flexibility index (Phi) is 4.13. The fourth-order valence-corrected chi connectivity index (χ4v) is 3.56. The van der Waals surface area contributed by atoms with Crippen molar-refractivity contribution in [3.8, 4) is 0 Å². The van der Waals surface area contributed by atoms with E-state index in [0.29, 0.717) is 6.04 Å². The number of aromatic nitrogens is 3. The molecule has 1 fully saturated rings. The van der Waals surface area contributed by atoms with Crippen molar-refractivity contribution in [1.29, 1.82) is 0 Å². The minimum Gasteiger partial charge on any atom is -0.315 e. The molecule has 1 atom stereocenters. The zero-order chi connectivity index (χ0) is 13.1. The Hall–Kier alpha value is -0.940. The van der Waals surface area contributed by atoms with E-state index in [2.05, 4.69) is 32.0 Å². The summed E-state index contributed by atoms with van der Waals surface area (Å²) in [6.45, 7) is 4.25. The summed E-state index contributed by atoms with van der Waals surface area (Å²) in [5, 5.41) is 11.8. The van der Waals surface area contributed by atoms with Crippen LogP contribution in [0.3, 0.4) is 0 Å². The molecule has 106 valence electrons. The minimum absolute atomic E-state index is 0.634. The van der Waals surface area contributed by atoms with Gasteiger partial charge in [-0.2, -0.15) is 0 Å². The number of nitrogens with one attached hydrogen (secondary N) is 1. The lowest BCUT2D eigenvalue weighted by Crippen LogP contribution is -2.46. The average molecular weight is 263 g/mol. The Bertz CT molecular complexity index is 396. The highest BCUT2D eigenvalue weighted by Crippen LogP contribution is 2.27. The van der Waals surface area contributed by atoms with Gasteiger partial charge in [0.1, 0.15) is 12.2 Å². The van der Waals surface area contributed by atoms with Crippen molar-refractivity contribution in [3.63, 3.8) is 0 Å². The number of rotatable bonds is 4. The van der Waals surface area contributed by atoms with Crippen LogP contribution in [0.2, 0.25) is 0 Å². The second-order valence-corrected chi connectivity index (χ2v) is 5.97. The Balaban J connectivity index is 1.57. The molecule has 2 aliphatic rings. The molecule has 1 saturated carbocycles. The molecule has 2 heterocycles. The molecule has 0 radical (unpaired) electrons. The van der Waals surface area contributed by atoms with Gasteiger partial charge >= 0.3 is 0 Å². The maximum Gasteiger partial charge on any atom is 0.147 e. The van der Waals surface area contributed by atoms with E-state index in [1.165, 1.54) is 32.1 Å². The lowest BCUT2D eigenvalue weighted by atomic mass is 9.83. The van der Waals surface area contributed by atoms with Crippen LogP contribution in [0.4, 0.5) is 0 Å². The van der Waals surface area contributed by atoms with Gasteiger partial charge in [0.05, 0.1) is 6.54 Å². The number of fused-ring (bicyclic) bond motifs is 1. The van der Waals surface area contributed by atoms with Crippen LogP contribution in [0.5, 0.6) is 0 Å². The summed E-state index contributed by atoms with van der Waals surface area (Å²) < 4.78 is 2.17. The van der Waals surface area contributed by atoms with E-state index in [0.717, 1.165) is 37.9 Å². The summed E-state index contributed by atoms with van der Waals surface area (Å²) in [6.07, 6.45) is 8.91. The molecule has 0 spiro atoms. The molecule has 1 unspecified atom stereocenters. The predicted octanol–water partition coefficient (Wildman–Crippen LogP) is 1.26. The van der Waals surface area contributed by atoms with Crippen LogP contribution in [0.1, 0.15) is 37.9 Å². The van der Waals surface area contributed by atoms with Gasteiger partial charge in [-0.1, -0.05) is 19.3 Å². The molecule has 1 aromatic rings. The highest BCUT2D eigenvalue weighted by atomic mass is 15.3. The maximum absolute atomic E-state index is 4.20. The van der Waals surface area contributed by atoms with Gasteiger partial charge in [-0.15, -0.1) is 10.2 Å². The molecule has 3 rings (SSSR count). The Morgan fingerprint density at radius 1 is 1.32 bits per heavy atom. The van der Waals surface area contributed by atoms with Gasteiger partial charge in [0.25, 0.3) is 0 Å². The third-order valence-corrected chi connectivity index (χ3v) is 4.76. The molecule has 1 aromatic heterocycles. The maximum atomic E-state index is 4.20. The molecule has 1 aliphatic carbocycles. The van der Waals surface area contributed by atoms with Crippen molar-refractivity contribution >= 4 is 0 Å². The largest absolute Gasteiger partial charge is 0.315 e. The zero-order valence-electron chi connectivity index (χ0n) is 11.9. The topological polar surface area (TPSA) is 46.0 Å². The van der Waals surface area contributed by atoms with Crippen LogP contribution in [0.25, 0.3) is 0 Å². The fraction of sp³-hybridized carbons (Fsp3) is 0.857. The Morgan fingerprint density at radius 2 is 2.16 bits per heavy atom. The lowest BCUT2D eigenvalue weighted by molar-refractivity contribution is 0.159. The summed E-state index contributed by atoms with van der Waals surface area (Å²) in [6, 6.07) is 0.634.